The van der Waals surface area contributed by atoms with E-state index in [1.807, 2.05) is 41.9 Å². The van der Waals surface area contributed by atoms with Gasteiger partial charge in [0.1, 0.15) is 0 Å². The summed E-state index contributed by atoms with van der Waals surface area (Å²) in [6.45, 7) is 13.2. The predicted octanol–water partition coefficient (Wildman–Crippen LogP) is 4.29. The predicted molar refractivity (Wildman–Crippen MR) is 112 cm³/mol. The van der Waals surface area contributed by atoms with Crippen LogP contribution in [-0.2, 0) is 9.47 Å². The number of rotatable bonds is 2. The molecule has 4 rings (SSSR count). The first-order valence-corrected chi connectivity index (χ1v) is 10.9. The van der Waals surface area contributed by atoms with Crippen LogP contribution in [0.5, 0.6) is 0 Å². The van der Waals surface area contributed by atoms with E-state index >= 15 is 0 Å². The number of methoxy groups -OCH3 is 2. The molecule has 2 saturated heterocycles. The Morgan fingerprint density at radius 3 is 1.38 bits per heavy atom. The van der Waals surface area contributed by atoms with Crippen molar-refractivity contribution < 1.29 is 9.47 Å². The molecular weight excluding hydrogens is 324 g/mol. The summed E-state index contributed by atoms with van der Waals surface area (Å²) in [6.07, 6.45) is 9.07. The molecule has 0 aromatic rings. The van der Waals surface area contributed by atoms with E-state index < -0.39 is 0 Å². The first kappa shape index (κ1) is 23.9. The van der Waals surface area contributed by atoms with Crippen molar-refractivity contribution in [2.45, 2.75) is 78.4 Å². The maximum atomic E-state index is 5.37. The van der Waals surface area contributed by atoms with E-state index in [0.29, 0.717) is 23.0 Å². The van der Waals surface area contributed by atoms with Gasteiger partial charge in [0.15, 0.2) is 0 Å². The van der Waals surface area contributed by atoms with Gasteiger partial charge < -0.3 is 19.3 Å². The lowest BCUT2D eigenvalue weighted by molar-refractivity contribution is -0.132. The van der Waals surface area contributed by atoms with Crippen LogP contribution in [-0.4, -0.2) is 76.5 Å². The largest absolute Gasteiger partial charge is 0.381 e. The van der Waals surface area contributed by atoms with E-state index in [4.69, 9.17) is 9.47 Å². The Labute approximate surface area is 163 Å². The van der Waals surface area contributed by atoms with E-state index in [0.717, 1.165) is 0 Å². The first-order chi connectivity index (χ1) is 12.5. The Kier molecular flexibility index (Phi) is 10.1. The second kappa shape index (κ2) is 11.0. The van der Waals surface area contributed by atoms with Crippen LogP contribution in [0.3, 0.4) is 0 Å². The Morgan fingerprint density at radius 1 is 0.654 bits per heavy atom. The Balaban J connectivity index is 0.000000221. The van der Waals surface area contributed by atoms with Crippen LogP contribution in [0.1, 0.15) is 66.2 Å². The summed E-state index contributed by atoms with van der Waals surface area (Å²) < 4.78 is 10.6. The molecule has 4 fully saturated rings. The van der Waals surface area contributed by atoms with Crippen molar-refractivity contribution in [3.63, 3.8) is 0 Å². The molecular formula is C22H46N2O2. The van der Waals surface area contributed by atoms with Crippen molar-refractivity contribution >= 4 is 0 Å². The molecule has 156 valence electrons. The second-order valence-electron chi connectivity index (χ2n) is 8.55. The first-order valence-electron chi connectivity index (χ1n) is 10.9. The highest BCUT2D eigenvalue weighted by molar-refractivity contribution is 5.03. The van der Waals surface area contributed by atoms with Gasteiger partial charge >= 0.3 is 0 Å². The number of hydrogen-bond donors (Lipinski definition) is 0. The smallest absolute Gasteiger partial charge is 0.0583 e. The number of nitrogens with zero attached hydrogens (tertiary/aromatic N) is 2. The second-order valence-corrected chi connectivity index (χ2v) is 8.55. The fraction of sp³-hybridized carbons (Fsp3) is 1.00. The summed E-state index contributed by atoms with van der Waals surface area (Å²) in [6, 6.07) is 0. The van der Waals surface area contributed by atoms with Gasteiger partial charge in [0.25, 0.3) is 0 Å². The summed E-state index contributed by atoms with van der Waals surface area (Å²) in [5.41, 5.74) is 1.39. The zero-order valence-corrected chi connectivity index (χ0v) is 18.9. The van der Waals surface area contributed by atoms with Gasteiger partial charge in [0.05, 0.1) is 12.2 Å². The molecule has 0 amide bonds. The minimum Gasteiger partial charge on any atom is -0.381 e. The molecule has 0 N–H and O–H groups in total. The van der Waals surface area contributed by atoms with Crippen LogP contribution in [0.15, 0.2) is 0 Å². The van der Waals surface area contributed by atoms with Crippen LogP contribution >= 0.6 is 0 Å². The zero-order chi connectivity index (χ0) is 19.8. The molecule has 2 spiro atoms. The van der Waals surface area contributed by atoms with E-state index in [1.54, 1.807) is 0 Å². The normalized spacial score (nSPS) is 28.8. The van der Waals surface area contributed by atoms with Crippen molar-refractivity contribution in [3.05, 3.63) is 0 Å². The van der Waals surface area contributed by atoms with Gasteiger partial charge in [0, 0.05) is 45.8 Å². The highest BCUT2D eigenvalue weighted by Gasteiger charge is 2.51. The Morgan fingerprint density at radius 2 is 1.04 bits per heavy atom. The summed E-state index contributed by atoms with van der Waals surface area (Å²) in [4.78, 5) is 4.80. The van der Waals surface area contributed by atoms with Crippen molar-refractivity contribution in [1.29, 1.82) is 0 Å². The zero-order valence-electron chi connectivity index (χ0n) is 18.9. The Hall–Kier alpha value is -0.160. The SMILES string of the molecule is CC.CC.COC1CC2(C1)CN(C)C2.COC1CCC2(CC1)CN(C)C2. The quantitative estimate of drug-likeness (QED) is 0.724. The minimum absolute atomic E-state index is 0.557. The molecule has 4 aliphatic rings. The molecule has 4 heteroatoms. The molecule has 2 saturated carbocycles. The van der Waals surface area contributed by atoms with Gasteiger partial charge in [-0.05, 0) is 58.0 Å². The highest BCUT2D eigenvalue weighted by atomic mass is 16.5. The van der Waals surface area contributed by atoms with Crippen LogP contribution in [0.2, 0.25) is 0 Å². The lowest BCUT2D eigenvalue weighted by Crippen LogP contribution is -2.62. The third-order valence-corrected chi connectivity index (χ3v) is 6.40. The lowest BCUT2D eigenvalue weighted by Gasteiger charge is -2.57. The number of likely N-dealkylation sites (tertiary alicyclic amines) is 2. The molecule has 0 radical (unpaired) electrons. The third kappa shape index (κ3) is 5.92. The fourth-order valence-corrected chi connectivity index (χ4v) is 5.28. The molecule has 2 aliphatic carbocycles. The Bertz CT molecular complexity index is 358. The number of ether oxygens (including phenoxy) is 2. The summed E-state index contributed by atoms with van der Waals surface area (Å²) in [5, 5.41) is 0. The van der Waals surface area contributed by atoms with Crippen molar-refractivity contribution in [3.8, 4) is 0 Å². The average molecular weight is 371 g/mol. The van der Waals surface area contributed by atoms with Crippen LogP contribution in [0.4, 0.5) is 0 Å². The molecule has 0 unspecified atom stereocenters. The molecule has 0 atom stereocenters. The number of hydrogen-bond acceptors (Lipinski definition) is 4. The van der Waals surface area contributed by atoms with Crippen molar-refractivity contribution in [2.75, 3.05) is 54.5 Å². The van der Waals surface area contributed by atoms with Gasteiger partial charge in [-0.25, -0.2) is 0 Å². The van der Waals surface area contributed by atoms with Gasteiger partial charge in [-0.1, -0.05) is 27.7 Å². The van der Waals surface area contributed by atoms with E-state index in [-0.39, 0.29) is 0 Å². The monoisotopic (exact) mass is 370 g/mol. The molecule has 2 heterocycles. The molecule has 2 aliphatic heterocycles. The van der Waals surface area contributed by atoms with Gasteiger partial charge in [-0.2, -0.15) is 0 Å². The molecule has 26 heavy (non-hydrogen) atoms. The van der Waals surface area contributed by atoms with E-state index in [1.165, 1.54) is 64.7 Å². The lowest BCUT2D eigenvalue weighted by atomic mass is 9.62. The standard InChI is InChI=1S/C10H19NO.C8H15NO.2C2H6/c1-11-7-10(8-11)5-3-9(12-2)4-6-10;1-9-5-8(6-9)3-7(4-8)10-2;2*1-2/h9H,3-8H2,1-2H3;7H,3-6H2,1-2H3;2*1-2H3. The minimum atomic E-state index is 0.557. The van der Waals surface area contributed by atoms with E-state index in [2.05, 4.69) is 23.9 Å². The van der Waals surface area contributed by atoms with Crippen LogP contribution in [0, 0.1) is 10.8 Å². The molecule has 0 bridgehead atoms. The molecule has 0 aromatic carbocycles. The van der Waals surface area contributed by atoms with Gasteiger partial charge in [-0.15, -0.1) is 0 Å². The maximum Gasteiger partial charge on any atom is 0.0583 e. The fourth-order valence-electron chi connectivity index (χ4n) is 5.28. The van der Waals surface area contributed by atoms with Crippen LogP contribution in [0.25, 0.3) is 0 Å². The van der Waals surface area contributed by atoms with Crippen molar-refractivity contribution in [1.82, 2.24) is 9.80 Å². The topological polar surface area (TPSA) is 24.9 Å². The van der Waals surface area contributed by atoms with E-state index in [9.17, 15) is 0 Å². The third-order valence-electron chi connectivity index (χ3n) is 6.40. The summed E-state index contributed by atoms with van der Waals surface area (Å²) in [5.74, 6) is 0. The van der Waals surface area contributed by atoms with Crippen molar-refractivity contribution in [2.24, 2.45) is 10.8 Å². The van der Waals surface area contributed by atoms with Gasteiger partial charge in [-0.3, -0.25) is 0 Å². The molecule has 4 nitrogen and oxygen atoms in total. The van der Waals surface area contributed by atoms with Crippen LogP contribution < -0.4 is 0 Å². The summed E-state index contributed by atoms with van der Waals surface area (Å²) >= 11 is 0. The average Bonchev–Trinajstić information content (AvgIpc) is 2.60. The molecule has 0 aromatic heterocycles. The highest BCUT2D eigenvalue weighted by Crippen LogP contribution is 2.48. The maximum absolute atomic E-state index is 5.37. The summed E-state index contributed by atoms with van der Waals surface area (Å²) in [7, 11) is 8.06. The van der Waals surface area contributed by atoms with Gasteiger partial charge in [0.2, 0.25) is 0 Å².